The molecule has 4 saturated heterocycles. The molecule has 6 fully saturated rings. The molecule has 6 aliphatic rings. The van der Waals surface area contributed by atoms with Crippen LogP contribution in [-0.2, 0) is 33.3 Å². The van der Waals surface area contributed by atoms with Crippen molar-refractivity contribution in [1.29, 1.82) is 0 Å². The molecular weight excluding hydrogens is 400 g/mol. The van der Waals surface area contributed by atoms with Gasteiger partial charge in [0.05, 0.1) is 22.9 Å². The highest BCUT2D eigenvalue weighted by atomic mass is 16.8. The highest BCUT2D eigenvalue weighted by molar-refractivity contribution is 5.93. The average molecular weight is 424 g/mol. The number of carbonyl (C=O) groups excluding carboxylic acids is 3. The van der Waals surface area contributed by atoms with Crippen LogP contribution in [0.2, 0.25) is 0 Å². The lowest BCUT2D eigenvalue weighted by atomic mass is 9.51. The third-order valence-corrected chi connectivity index (χ3v) is 8.91. The number of rotatable bonds is 0. The monoisotopic (exact) mass is 424 g/mol. The molecule has 11 atom stereocenters. The molecule has 0 radical (unpaired) electrons. The zero-order valence-electron chi connectivity index (χ0n) is 16.9. The predicted molar refractivity (Wildman–Crippen MR) is 92.0 cm³/mol. The Kier molecular flexibility index (Phi) is 2.97. The van der Waals surface area contributed by atoms with Crippen LogP contribution < -0.4 is 0 Å². The number of hydrogen-bond acceptors (Lipinski definition) is 10. The predicted octanol–water partition coefficient (Wildman–Crippen LogP) is -1.37. The van der Waals surface area contributed by atoms with Crippen molar-refractivity contribution >= 4 is 17.9 Å². The van der Waals surface area contributed by atoms with E-state index in [4.69, 9.17) is 18.9 Å². The molecule has 0 amide bonds. The number of esters is 3. The van der Waals surface area contributed by atoms with Gasteiger partial charge in [-0.15, -0.1) is 0 Å². The van der Waals surface area contributed by atoms with Crippen molar-refractivity contribution in [2.75, 3.05) is 0 Å². The standard InChI is InChI=1S/C20H24O10/c1-6-12(23)27-7-5-17-11-8(21)9(16(2,3)4)18(17)10(22)13(24)29-15(18)30-20(17,14(25)28-11)19(6,7)26/h6-11,15,21-22,26H,5H2,1-4H3/t6-,7?,8-,9?,10+,11?,15+,17?,18?,19-,20-/m1/s1. The molecule has 4 heterocycles. The second-order valence-electron chi connectivity index (χ2n) is 10.7. The first-order chi connectivity index (χ1) is 13.8. The molecule has 0 bridgehead atoms. The Balaban J connectivity index is 1.71. The van der Waals surface area contributed by atoms with Crippen LogP contribution in [0.1, 0.15) is 34.1 Å². The van der Waals surface area contributed by atoms with Crippen LogP contribution in [0.25, 0.3) is 0 Å². The van der Waals surface area contributed by atoms with E-state index in [1.54, 1.807) is 0 Å². The maximum Gasteiger partial charge on any atom is 0.342 e. The highest BCUT2D eigenvalue weighted by Gasteiger charge is 3.02. The van der Waals surface area contributed by atoms with Crippen LogP contribution in [0.3, 0.4) is 0 Å². The molecule has 164 valence electrons. The topological polar surface area (TPSA) is 149 Å². The molecule has 0 aromatic rings. The first kappa shape index (κ1) is 19.0. The minimum absolute atomic E-state index is 0.107. The Hall–Kier alpha value is -1.75. The van der Waals surface area contributed by atoms with Crippen molar-refractivity contribution in [1.82, 2.24) is 0 Å². The van der Waals surface area contributed by atoms with Crippen LogP contribution >= 0.6 is 0 Å². The first-order valence-electron chi connectivity index (χ1n) is 10.2. The summed E-state index contributed by atoms with van der Waals surface area (Å²) >= 11 is 0. The summed E-state index contributed by atoms with van der Waals surface area (Å²) in [5.74, 6) is -4.43. The lowest BCUT2D eigenvalue weighted by Gasteiger charge is -2.46. The molecule has 0 aromatic carbocycles. The molecule has 2 spiro atoms. The molecule has 10 nitrogen and oxygen atoms in total. The van der Waals surface area contributed by atoms with E-state index in [-0.39, 0.29) is 6.42 Å². The molecule has 6 rings (SSSR count). The van der Waals surface area contributed by atoms with Gasteiger partial charge in [0.1, 0.15) is 12.2 Å². The fourth-order valence-electron chi connectivity index (χ4n) is 8.22. The molecule has 0 aromatic heterocycles. The molecule has 5 unspecified atom stereocenters. The summed E-state index contributed by atoms with van der Waals surface area (Å²) in [5, 5.41) is 34.4. The number of aliphatic hydroxyl groups is 3. The largest absolute Gasteiger partial charge is 0.459 e. The Morgan fingerprint density at radius 1 is 1.03 bits per heavy atom. The average Bonchev–Trinajstić information content (AvgIpc) is 3.32. The van der Waals surface area contributed by atoms with Crippen molar-refractivity contribution in [2.45, 2.75) is 76.0 Å². The van der Waals surface area contributed by atoms with E-state index in [0.29, 0.717) is 0 Å². The zero-order valence-corrected chi connectivity index (χ0v) is 16.9. The summed E-state index contributed by atoms with van der Waals surface area (Å²) in [6.45, 7) is 6.97. The maximum absolute atomic E-state index is 13.4. The Labute approximate surface area is 171 Å². The second kappa shape index (κ2) is 4.69. The van der Waals surface area contributed by atoms with E-state index in [9.17, 15) is 29.7 Å². The number of carbonyl (C=O) groups is 3. The summed E-state index contributed by atoms with van der Waals surface area (Å²) in [7, 11) is 0. The zero-order chi connectivity index (χ0) is 21.8. The second-order valence-corrected chi connectivity index (χ2v) is 10.7. The van der Waals surface area contributed by atoms with Crippen LogP contribution in [-0.4, -0.2) is 75.1 Å². The highest BCUT2D eigenvalue weighted by Crippen LogP contribution is 2.84. The van der Waals surface area contributed by atoms with Crippen molar-refractivity contribution in [3.8, 4) is 0 Å². The van der Waals surface area contributed by atoms with E-state index < -0.39 is 87.9 Å². The van der Waals surface area contributed by atoms with E-state index in [0.717, 1.165) is 0 Å². The molecule has 10 heteroatoms. The van der Waals surface area contributed by atoms with Crippen molar-refractivity contribution in [3.05, 3.63) is 0 Å². The molecule has 3 N–H and O–H groups in total. The summed E-state index contributed by atoms with van der Waals surface area (Å²) in [6.07, 6.45) is -6.73. The Bertz CT molecular complexity index is 925. The SMILES string of the molecule is C[C@@H]1C(=O)OC2CC34C5OC(=O)[C@]3(O[C@@H]3OC(=O)[C@H](O)C34C(C(C)(C)C)[C@H]5O)[C@]21O. The number of aliphatic hydroxyl groups excluding tert-OH is 2. The normalized spacial score (nSPS) is 60.1. The van der Waals surface area contributed by atoms with Gasteiger partial charge in [-0.3, -0.25) is 4.79 Å². The molecule has 4 aliphatic heterocycles. The van der Waals surface area contributed by atoms with Crippen LogP contribution in [0.5, 0.6) is 0 Å². The molecule has 2 saturated carbocycles. The van der Waals surface area contributed by atoms with Crippen LogP contribution in [0.15, 0.2) is 0 Å². The van der Waals surface area contributed by atoms with E-state index in [1.165, 1.54) is 6.92 Å². The lowest BCUT2D eigenvalue weighted by molar-refractivity contribution is -0.239. The summed E-state index contributed by atoms with van der Waals surface area (Å²) < 4.78 is 22.6. The smallest absolute Gasteiger partial charge is 0.342 e. The molecule has 2 aliphatic carbocycles. The number of hydrogen-bond donors (Lipinski definition) is 3. The fourth-order valence-corrected chi connectivity index (χ4v) is 8.22. The van der Waals surface area contributed by atoms with Crippen molar-refractivity contribution in [2.24, 2.45) is 28.1 Å². The lowest BCUT2D eigenvalue weighted by Crippen LogP contribution is -2.66. The van der Waals surface area contributed by atoms with Gasteiger partial charge >= 0.3 is 17.9 Å². The third-order valence-electron chi connectivity index (χ3n) is 8.91. The summed E-state index contributed by atoms with van der Waals surface area (Å²) in [5.41, 5.74) is -7.95. The number of fused-ring (bicyclic) bond motifs is 1. The van der Waals surface area contributed by atoms with Gasteiger partial charge in [0.2, 0.25) is 11.9 Å². The molecule has 30 heavy (non-hydrogen) atoms. The fraction of sp³-hybridized carbons (Fsp3) is 0.850. The van der Waals surface area contributed by atoms with Crippen LogP contribution in [0.4, 0.5) is 0 Å². The van der Waals surface area contributed by atoms with Gasteiger partial charge in [-0.05, 0) is 12.3 Å². The van der Waals surface area contributed by atoms with Gasteiger partial charge in [0.15, 0.2) is 11.7 Å². The Morgan fingerprint density at radius 3 is 2.33 bits per heavy atom. The summed E-state index contributed by atoms with van der Waals surface area (Å²) in [4.78, 5) is 38.2. The van der Waals surface area contributed by atoms with E-state index >= 15 is 0 Å². The molecular formula is C20H24O10. The van der Waals surface area contributed by atoms with Gasteiger partial charge in [-0.25, -0.2) is 9.59 Å². The van der Waals surface area contributed by atoms with Gasteiger partial charge in [-0.2, -0.15) is 0 Å². The van der Waals surface area contributed by atoms with Gasteiger partial charge < -0.3 is 34.3 Å². The van der Waals surface area contributed by atoms with E-state index in [1.807, 2.05) is 20.8 Å². The quantitative estimate of drug-likeness (QED) is 0.314. The van der Waals surface area contributed by atoms with Gasteiger partial charge in [0, 0.05) is 12.3 Å². The van der Waals surface area contributed by atoms with Crippen molar-refractivity contribution in [3.63, 3.8) is 0 Å². The van der Waals surface area contributed by atoms with Crippen LogP contribution in [0, 0.1) is 28.1 Å². The van der Waals surface area contributed by atoms with Gasteiger partial charge in [-0.1, -0.05) is 20.8 Å². The minimum atomic E-state index is -2.12. The first-order valence-corrected chi connectivity index (χ1v) is 10.2. The number of ether oxygens (including phenoxy) is 4. The van der Waals surface area contributed by atoms with E-state index in [2.05, 4.69) is 0 Å². The van der Waals surface area contributed by atoms with Gasteiger partial charge in [0.25, 0.3) is 0 Å². The third kappa shape index (κ3) is 1.35. The minimum Gasteiger partial charge on any atom is -0.459 e. The Morgan fingerprint density at radius 2 is 1.70 bits per heavy atom. The summed E-state index contributed by atoms with van der Waals surface area (Å²) in [6, 6.07) is 0. The maximum atomic E-state index is 13.4. The van der Waals surface area contributed by atoms with Crippen molar-refractivity contribution < 1.29 is 48.7 Å².